The number of urea groups is 1. The number of carbonyl (C=O) groups is 1. The molecule has 2 amide bonds. The van der Waals surface area contributed by atoms with Crippen molar-refractivity contribution in [3.63, 3.8) is 0 Å². The number of hydrogen-bond donors (Lipinski definition) is 2. The molecular weight excluding hydrogens is 352 g/mol. The number of carbonyl (C=O) groups excluding carboxylic acids is 1. The van der Waals surface area contributed by atoms with Gasteiger partial charge in [0.2, 0.25) is 0 Å². The van der Waals surface area contributed by atoms with Crippen LogP contribution in [-0.4, -0.2) is 41.8 Å². The third kappa shape index (κ3) is 4.05. The van der Waals surface area contributed by atoms with Gasteiger partial charge in [-0.2, -0.15) is 0 Å². The standard InChI is InChI=1S/C23H28N2O3/c1-28-16-18-9-5-6-10-21(18)24-22(26)25-14-19-12-23(27,13-20(19)15-25)11-17-7-3-2-4-8-17/h2-10,19-20,27H,11-16H2,1H3,(H,24,26)/t19-,20+,23?. The Labute approximate surface area is 166 Å². The average molecular weight is 380 g/mol. The van der Waals surface area contributed by atoms with Crippen molar-refractivity contribution >= 4 is 11.7 Å². The van der Waals surface area contributed by atoms with Gasteiger partial charge in [-0.3, -0.25) is 0 Å². The number of amides is 2. The molecule has 2 N–H and O–H groups in total. The lowest BCUT2D eigenvalue weighted by atomic mass is 9.91. The first-order chi connectivity index (χ1) is 13.6. The van der Waals surface area contributed by atoms with E-state index in [-0.39, 0.29) is 6.03 Å². The highest BCUT2D eigenvalue weighted by Crippen LogP contribution is 2.45. The number of nitrogens with zero attached hydrogens (tertiary/aromatic N) is 1. The van der Waals surface area contributed by atoms with Gasteiger partial charge in [-0.15, -0.1) is 0 Å². The van der Waals surface area contributed by atoms with Crippen LogP contribution in [0.5, 0.6) is 0 Å². The van der Waals surface area contributed by atoms with Gasteiger partial charge in [-0.05, 0) is 36.3 Å². The molecule has 2 aromatic carbocycles. The highest BCUT2D eigenvalue weighted by atomic mass is 16.5. The summed E-state index contributed by atoms with van der Waals surface area (Å²) in [6.45, 7) is 1.88. The lowest BCUT2D eigenvalue weighted by Crippen LogP contribution is -2.37. The first-order valence-corrected chi connectivity index (χ1v) is 9.95. The van der Waals surface area contributed by atoms with Gasteiger partial charge in [0.25, 0.3) is 0 Å². The average Bonchev–Trinajstić information content (AvgIpc) is 3.19. The third-order valence-electron chi connectivity index (χ3n) is 6.08. The van der Waals surface area contributed by atoms with Gasteiger partial charge in [-0.25, -0.2) is 4.79 Å². The van der Waals surface area contributed by atoms with Gasteiger partial charge in [0, 0.05) is 37.9 Å². The van der Waals surface area contributed by atoms with Gasteiger partial charge < -0.3 is 20.1 Å². The molecule has 0 spiro atoms. The van der Waals surface area contributed by atoms with E-state index in [9.17, 15) is 9.90 Å². The van der Waals surface area contributed by atoms with E-state index >= 15 is 0 Å². The van der Waals surface area contributed by atoms with Crippen LogP contribution in [0.4, 0.5) is 10.5 Å². The highest BCUT2D eigenvalue weighted by Gasteiger charge is 2.49. The van der Waals surface area contributed by atoms with Crippen LogP contribution < -0.4 is 5.32 Å². The Hall–Kier alpha value is -2.37. The fourth-order valence-electron chi connectivity index (χ4n) is 4.86. The largest absolute Gasteiger partial charge is 0.390 e. The maximum absolute atomic E-state index is 12.8. The molecule has 0 aromatic heterocycles. The molecule has 0 radical (unpaired) electrons. The number of para-hydroxylation sites is 1. The van der Waals surface area contributed by atoms with E-state index < -0.39 is 5.60 Å². The SMILES string of the molecule is COCc1ccccc1NC(=O)N1C[C@@H]2CC(O)(Cc3ccccc3)C[C@@H]2C1. The summed E-state index contributed by atoms with van der Waals surface area (Å²) in [5.41, 5.74) is 2.29. The summed E-state index contributed by atoms with van der Waals surface area (Å²) in [6.07, 6.45) is 2.21. The van der Waals surface area contributed by atoms with Crippen molar-refractivity contribution in [1.82, 2.24) is 4.90 Å². The van der Waals surface area contributed by atoms with Crippen molar-refractivity contribution in [3.8, 4) is 0 Å². The predicted molar refractivity (Wildman–Crippen MR) is 109 cm³/mol. The van der Waals surface area contributed by atoms with E-state index in [1.165, 1.54) is 5.56 Å². The summed E-state index contributed by atoms with van der Waals surface area (Å²) >= 11 is 0. The second kappa shape index (κ2) is 7.94. The van der Waals surface area contributed by atoms with Gasteiger partial charge in [0.15, 0.2) is 0 Å². The van der Waals surface area contributed by atoms with E-state index in [1.54, 1.807) is 7.11 Å². The zero-order valence-corrected chi connectivity index (χ0v) is 16.3. The topological polar surface area (TPSA) is 61.8 Å². The molecule has 4 rings (SSSR count). The first-order valence-electron chi connectivity index (χ1n) is 9.95. The number of ether oxygens (including phenoxy) is 1. The monoisotopic (exact) mass is 380 g/mol. The molecule has 28 heavy (non-hydrogen) atoms. The molecule has 2 aromatic rings. The molecule has 1 heterocycles. The van der Waals surface area contributed by atoms with Crippen molar-refractivity contribution in [2.45, 2.75) is 31.5 Å². The number of methoxy groups -OCH3 is 1. The Balaban J connectivity index is 1.35. The molecule has 2 fully saturated rings. The van der Waals surface area contributed by atoms with Crippen LogP contribution in [0.15, 0.2) is 54.6 Å². The molecule has 3 atom stereocenters. The Morgan fingerprint density at radius 3 is 2.43 bits per heavy atom. The van der Waals surface area contributed by atoms with Crippen molar-refractivity contribution < 1.29 is 14.6 Å². The second-order valence-electron chi connectivity index (χ2n) is 8.24. The zero-order chi connectivity index (χ0) is 19.6. The van der Waals surface area contributed by atoms with Gasteiger partial charge >= 0.3 is 6.03 Å². The van der Waals surface area contributed by atoms with E-state index in [2.05, 4.69) is 17.4 Å². The van der Waals surface area contributed by atoms with Crippen LogP contribution in [0, 0.1) is 11.8 Å². The highest BCUT2D eigenvalue weighted by molar-refractivity contribution is 5.90. The van der Waals surface area contributed by atoms with Gasteiger partial charge in [-0.1, -0.05) is 48.5 Å². The molecular formula is C23H28N2O3. The number of likely N-dealkylation sites (tertiary alicyclic amines) is 1. The van der Waals surface area contributed by atoms with E-state index in [4.69, 9.17) is 4.74 Å². The Bertz CT molecular complexity index is 810. The molecule has 1 aliphatic carbocycles. The maximum Gasteiger partial charge on any atom is 0.321 e. The number of aliphatic hydroxyl groups is 1. The zero-order valence-electron chi connectivity index (χ0n) is 16.3. The molecule has 5 nitrogen and oxygen atoms in total. The van der Waals surface area contributed by atoms with Crippen molar-refractivity contribution in [2.75, 3.05) is 25.5 Å². The van der Waals surface area contributed by atoms with Crippen LogP contribution >= 0.6 is 0 Å². The normalized spacial score (nSPS) is 26.3. The number of fused-ring (bicyclic) bond motifs is 1. The van der Waals surface area contributed by atoms with Crippen LogP contribution in [-0.2, 0) is 17.8 Å². The second-order valence-corrected chi connectivity index (χ2v) is 8.24. The van der Waals surface area contributed by atoms with Crippen molar-refractivity contribution in [2.24, 2.45) is 11.8 Å². The first kappa shape index (κ1) is 19.0. The smallest absolute Gasteiger partial charge is 0.321 e. The lowest BCUT2D eigenvalue weighted by molar-refractivity contribution is 0.0368. The number of benzene rings is 2. The molecule has 1 saturated heterocycles. The quantitative estimate of drug-likeness (QED) is 0.832. The summed E-state index contributed by atoms with van der Waals surface area (Å²) in [6, 6.07) is 17.8. The van der Waals surface area contributed by atoms with E-state index in [1.807, 2.05) is 47.4 Å². The van der Waals surface area contributed by atoms with Crippen molar-refractivity contribution in [3.05, 3.63) is 65.7 Å². The van der Waals surface area contributed by atoms with Crippen LogP contribution in [0.25, 0.3) is 0 Å². The molecule has 5 heteroatoms. The summed E-state index contributed by atoms with van der Waals surface area (Å²) < 4.78 is 5.22. The minimum atomic E-state index is -0.648. The van der Waals surface area contributed by atoms with Crippen LogP contribution in [0.3, 0.4) is 0 Å². The van der Waals surface area contributed by atoms with E-state index in [0.29, 0.717) is 38.0 Å². The Morgan fingerprint density at radius 2 is 1.75 bits per heavy atom. The number of anilines is 1. The number of hydrogen-bond acceptors (Lipinski definition) is 3. The fraction of sp³-hybridized carbons (Fsp3) is 0.435. The summed E-state index contributed by atoms with van der Waals surface area (Å²) in [7, 11) is 1.65. The summed E-state index contributed by atoms with van der Waals surface area (Å²) in [4.78, 5) is 14.7. The Morgan fingerprint density at radius 1 is 1.11 bits per heavy atom. The maximum atomic E-state index is 12.8. The van der Waals surface area contributed by atoms with Gasteiger partial charge in [0.1, 0.15) is 0 Å². The lowest BCUT2D eigenvalue weighted by Gasteiger charge is -2.26. The molecule has 1 saturated carbocycles. The van der Waals surface area contributed by atoms with Crippen LogP contribution in [0.1, 0.15) is 24.0 Å². The molecule has 148 valence electrons. The molecule has 1 aliphatic heterocycles. The summed E-state index contributed by atoms with van der Waals surface area (Å²) in [5.74, 6) is 0.738. The molecule has 0 bridgehead atoms. The molecule has 1 unspecified atom stereocenters. The number of nitrogens with one attached hydrogen (secondary N) is 1. The minimum absolute atomic E-state index is 0.0652. The van der Waals surface area contributed by atoms with Gasteiger partial charge in [0.05, 0.1) is 12.2 Å². The summed E-state index contributed by atoms with van der Waals surface area (Å²) in [5, 5.41) is 14.1. The Kier molecular flexibility index (Phi) is 5.38. The van der Waals surface area contributed by atoms with Crippen molar-refractivity contribution in [1.29, 1.82) is 0 Å². The van der Waals surface area contributed by atoms with E-state index in [0.717, 1.165) is 24.1 Å². The van der Waals surface area contributed by atoms with Crippen LogP contribution in [0.2, 0.25) is 0 Å². The minimum Gasteiger partial charge on any atom is -0.390 e. The third-order valence-corrected chi connectivity index (χ3v) is 6.08. The predicted octanol–water partition coefficient (Wildman–Crippen LogP) is 3.68. The number of rotatable bonds is 5. The molecule has 2 aliphatic rings. The fourth-order valence-corrected chi connectivity index (χ4v) is 4.86.